The zero-order valence-corrected chi connectivity index (χ0v) is 16.7. The first-order valence-corrected chi connectivity index (χ1v) is 11.1. The molecular weight excluding hydrogens is 379 g/mol. The van der Waals surface area contributed by atoms with E-state index in [0.29, 0.717) is 31.5 Å². The molecule has 5 nitrogen and oxygen atoms in total. The van der Waals surface area contributed by atoms with Crippen LogP contribution in [0.5, 0.6) is 0 Å². The van der Waals surface area contributed by atoms with Gasteiger partial charge in [0.25, 0.3) is 0 Å². The highest BCUT2D eigenvalue weighted by atomic mass is 32.2. The normalized spacial score (nSPS) is 16.1. The van der Waals surface area contributed by atoms with Crippen molar-refractivity contribution in [3.05, 3.63) is 59.9 Å². The fourth-order valence-corrected chi connectivity index (χ4v) is 4.54. The molecule has 2 aromatic rings. The Labute approximate surface area is 165 Å². The molecule has 1 aliphatic heterocycles. The van der Waals surface area contributed by atoms with Crippen molar-refractivity contribution in [2.45, 2.75) is 26.3 Å². The summed E-state index contributed by atoms with van der Waals surface area (Å²) in [6, 6.07) is 14.6. The van der Waals surface area contributed by atoms with Crippen LogP contribution < -0.4 is 5.32 Å². The first kappa shape index (κ1) is 20.5. The fraction of sp³-hybridized carbons (Fsp3) is 0.381. The molecule has 0 aliphatic carbocycles. The van der Waals surface area contributed by atoms with E-state index < -0.39 is 10.0 Å². The molecule has 3 rings (SSSR count). The topological polar surface area (TPSA) is 66.5 Å². The minimum absolute atomic E-state index is 0.0715. The van der Waals surface area contributed by atoms with E-state index in [9.17, 15) is 17.6 Å². The van der Waals surface area contributed by atoms with Crippen molar-refractivity contribution in [2.24, 2.45) is 5.92 Å². The molecule has 2 aromatic carbocycles. The number of nitrogens with zero attached hydrogens (tertiary/aromatic N) is 1. The number of hydrogen-bond donors (Lipinski definition) is 1. The Hall–Kier alpha value is -2.25. The van der Waals surface area contributed by atoms with Gasteiger partial charge in [0.2, 0.25) is 15.9 Å². The van der Waals surface area contributed by atoms with Gasteiger partial charge >= 0.3 is 0 Å². The van der Waals surface area contributed by atoms with Gasteiger partial charge in [0.15, 0.2) is 0 Å². The summed E-state index contributed by atoms with van der Waals surface area (Å²) in [5, 5.41) is 2.79. The molecule has 0 bridgehead atoms. The van der Waals surface area contributed by atoms with E-state index in [-0.39, 0.29) is 29.9 Å². The molecular formula is C21H25FN2O3S. The lowest BCUT2D eigenvalue weighted by Crippen LogP contribution is -2.43. The van der Waals surface area contributed by atoms with Crippen LogP contribution in [-0.4, -0.2) is 37.5 Å². The second kappa shape index (κ2) is 8.84. The predicted molar refractivity (Wildman–Crippen MR) is 107 cm³/mol. The van der Waals surface area contributed by atoms with Gasteiger partial charge in [0.1, 0.15) is 5.82 Å². The number of amides is 1. The van der Waals surface area contributed by atoms with Crippen molar-refractivity contribution in [3.63, 3.8) is 0 Å². The number of hydrogen-bond acceptors (Lipinski definition) is 3. The number of carbonyl (C=O) groups is 1. The van der Waals surface area contributed by atoms with Crippen LogP contribution >= 0.6 is 0 Å². The van der Waals surface area contributed by atoms with Gasteiger partial charge in [-0.05, 0) is 37.0 Å². The lowest BCUT2D eigenvalue weighted by atomic mass is 9.97. The molecule has 1 N–H and O–H groups in total. The Morgan fingerprint density at radius 3 is 2.39 bits per heavy atom. The third-order valence-electron chi connectivity index (χ3n) is 5.20. The van der Waals surface area contributed by atoms with Gasteiger partial charge in [-0.2, -0.15) is 0 Å². The SMILES string of the molecule is CCS(=O)(=O)N1CCC(C(=O)NCc2ccc(-c3ccccc3)cc2F)CC1. The summed E-state index contributed by atoms with van der Waals surface area (Å²) in [5.41, 5.74) is 2.16. The van der Waals surface area contributed by atoms with E-state index in [1.807, 2.05) is 36.4 Å². The smallest absolute Gasteiger partial charge is 0.223 e. The van der Waals surface area contributed by atoms with Gasteiger partial charge in [-0.15, -0.1) is 0 Å². The second-order valence-electron chi connectivity index (χ2n) is 6.96. The number of benzene rings is 2. The van der Waals surface area contributed by atoms with Crippen molar-refractivity contribution in [1.29, 1.82) is 0 Å². The highest BCUT2D eigenvalue weighted by Gasteiger charge is 2.30. The number of nitrogens with one attached hydrogen (secondary N) is 1. The average Bonchev–Trinajstić information content (AvgIpc) is 2.73. The molecule has 0 spiro atoms. The molecule has 0 aromatic heterocycles. The Morgan fingerprint density at radius 1 is 1.11 bits per heavy atom. The molecule has 7 heteroatoms. The summed E-state index contributed by atoms with van der Waals surface area (Å²) < 4.78 is 39.7. The van der Waals surface area contributed by atoms with Gasteiger partial charge in [-0.25, -0.2) is 17.1 Å². The Morgan fingerprint density at radius 2 is 1.79 bits per heavy atom. The van der Waals surface area contributed by atoms with Gasteiger partial charge < -0.3 is 5.32 Å². The number of rotatable bonds is 6. The van der Waals surface area contributed by atoms with E-state index in [4.69, 9.17) is 0 Å². The minimum Gasteiger partial charge on any atom is -0.352 e. The highest BCUT2D eigenvalue weighted by Crippen LogP contribution is 2.23. The van der Waals surface area contributed by atoms with Gasteiger partial charge in [0.05, 0.1) is 5.75 Å². The Bertz CT molecular complexity index is 924. The minimum atomic E-state index is -3.21. The van der Waals surface area contributed by atoms with Crippen LogP contribution in [0, 0.1) is 11.7 Å². The third-order valence-corrected chi connectivity index (χ3v) is 7.08. The lowest BCUT2D eigenvalue weighted by molar-refractivity contribution is -0.126. The van der Waals surface area contributed by atoms with Crippen LogP contribution in [0.3, 0.4) is 0 Å². The monoisotopic (exact) mass is 404 g/mol. The number of piperidine rings is 1. The maximum atomic E-state index is 14.4. The van der Waals surface area contributed by atoms with E-state index >= 15 is 0 Å². The molecule has 1 amide bonds. The Balaban J connectivity index is 1.55. The van der Waals surface area contributed by atoms with Gasteiger partial charge in [-0.1, -0.05) is 42.5 Å². The Kier molecular flexibility index (Phi) is 6.46. The van der Waals surface area contributed by atoms with Crippen molar-refractivity contribution in [2.75, 3.05) is 18.8 Å². The van der Waals surface area contributed by atoms with Gasteiger partial charge in [0, 0.05) is 31.1 Å². The largest absolute Gasteiger partial charge is 0.352 e. The zero-order chi connectivity index (χ0) is 20.1. The van der Waals surface area contributed by atoms with E-state index in [2.05, 4.69) is 5.32 Å². The molecule has 1 saturated heterocycles. The average molecular weight is 405 g/mol. The van der Waals surface area contributed by atoms with Crippen LogP contribution in [0.2, 0.25) is 0 Å². The van der Waals surface area contributed by atoms with Crippen molar-refractivity contribution < 1.29 is 17.6 Å². The van der Waals surface area contributed by atoms with Crippen molar-refractivity contribution in [1.82, 2.24) is 9.62 Å². The third kappa shape index (κ3) is 4.77. The summed E-state index contributed by atoms with van der Waals surface area (Å²) in [4.78, 5) is 12.4. The number of sulfonamides is 1. The first-order chi connectivity index (χ1) is 13.4. The first-order valence-electron chi connectivity index (χ1n) is 9.50. The molecule has 0 radical (unpaired) electrons. The van der Waals surface area contributed by atoms with Crippen LogP contribution in [0.15, 0.2) is 48.5 Å². The fourth-order valence-electron chi connectivity index (χ4n) is 3.41. The summed E-state index contributed by atoms with van der Waals surface area (Å²) in [5.74, 6) is -0.678. The summed E-state index contributed by atoms with van der Waals surface area (Å²) in [6.45, 7) is 2.45. The van der Waals surface area contributed by atoms with E-state index in [0.717, 1.165) is 11.1 Å². The number of halogens is 1. The zero-order valence-electron chi connectivity index (χ0n) is 15.9. The van der Waals surface area contributed by atoms with E-state index in [1.165, 1.54) is 10.4 Å². The van der Waals surface area contributed by atoms with Crippen molar-refractivity contribution >= 4 is 15.9 Å². The van der Waals surface area contributed by atoms with Crippen LogP contribution in [0.1, 0.15) is 25.3 Å². The maximum Gasteiger partial charge on any atom is 0.223 e. The van der Waals surface area contributed by atoms with Crippen LogP contribution in [0.25, 0.3) is 11.1 Å². The number of carbonyl (C=O) groups excluding carboxylic acids is 1. The van der Waals surface area contributed by atoms with E-state index in [1.54, 1.807) is 13.0 Å². The predicted octanol–water partition coefficient (Wildman–Crippen LogP) is 3.17. The van der Waals surface area contributed by atoms with Crippen molar-refractivity contribution in [3.8, 4) is 11.1 Å². The molecule has 0 saturated carbocycles. The lowest BCUT2D eigenvalue weighted by Gasteiger charge is -2.30. The maximum absolute atomic E-state index is 14.4. The molecule has 150 valence electrons. The second-order valence-corrected chi connectivity index (χ2v) is 9.22. The molecule has 28 heavy (non-hydrogen) atoms. The molecule has 1 fully saturated rings. The molecule has 0 atom stereocenters. The molecule has 1 heterocycles. The summed E-state index contributed by atoms with van der Waals surface area (Å²) in [6.07, 6.45) is 0.973. The summed E-state index contributed by atoms with van der Waals surface area (Å²) in [7, 11) is -3.21. The highest BCUT2D eigenvalue weighted by molar-refractivity contribution is 7.89. The van der Waals surface area contributed by atoms with Gasteiger partial charge in [-0.3, -0.25) is 4.79 Å². The molecule has 1 aliphatic rings. The molecule has 0 unspecified atom stereocenters. The summed E-state index contributed by atoms with van der Waals surface area (Å²) >= 11 is 0. The quantitative estimate of drug-likeness (QED) is 0.804. The standard InChI is InChI=1S/C21H25FN2O3S/c1-2-28(26,27)24-12-10-17(11-13-24)21(25)23-15-19-9-8-18(14-20(19)22)16-6-4-3-5-7-16/h3-9,14,17H,2,10-13,15H2,1H3,(H,23,25). The van der Waals surface area contributed by atoms with Crippen LogP contribution in [-0.2, 0) is 21.4 Å². The van der Waals surface area contributed by atoms with Crippen LogP contribution in [0.4, 0.5) is 4.39 Å².